The summed E-state index contributed by atoms with van der Waals surface area (Å²) >= 11 is 1.24. The molecule has 1 aliphatic rings. The molecule has 0 radical (unpaired) electrons. The number of carbonyl (C=O) groups excluding carboxylic acids is 2. The third-order valence-corrected chi connectivity index (χ3v) is 5.39. The number of aromatic amines is 1. The molecule has 0 saturated carbocycles. The van der Waals surface area contributed by atoms with Crippen molar-refractivity contribution in [3.05, 3.63) is 64.7 Å². The number of carboxylic acid groups (broad SMARTS) is 1. The summed E-state index contributed by atoms with van der Waals surface area (Å²) < 4.78 is 32.9. The van der Waals surface area contributed by atoms with Crippen molar-refractivity contribution in [2.45, 2.75) is 18.6 Å². The summed E-state index contributed by atoms with van der Waals surface area (Å²) in [4.78, 5) is 51.5. The highest BCUT2D eigenvalue weighted by Gasteiger charge is 2.38. The molecule has 0 unspecified atom stereocenters. The molecular formula is C20H17F3N6O5S. The number of aliphatic carboxylic acids is 1. The molecule has 35 heavy (non-hydrogen) atoms. The zero-order valence-corrected chi connectivity index (χ0v) is 18.4. The summed E-state index contributed by atoms with van der Waals surface area (Å²) in [5.41, 5.74) is 0.671. The molecule has 184 valence electrons. The lowest BCUT2D eigenvalue weighted by molar-refractivity contribution is -0.192. The number of aromatic nitrogens is 4. The van der Waals surface area contributed by atoms with E-state index in [0.717, 1.165) is 10.4 Å². The Bertz CT molecular complexity index is 1260. The number of carboxylic acids is 1. The Morgan fingerprint density at radius 2 is 1.83 bits per heavy atom. The average Bonchev–Trinajstić information content (AvgIpc) is 3.39. The quantitative estimate of drug-likeness (QED) is 0.403. The Labute approximate surface area is 198 Å². The fourth-order valence-electron chi connectivity index (χ4n) is 2.73. The van der Waals surface area contributed by atoms with Gasteiger partial charge in [0.1, 0.15) is 0 Å². The van der Waals surface area contributed by atoms with Crippen molar-refractivity contribution in [2.24, 2.45) is 0 Å². The van der Waals surface area contributed by atoms with Crippen molar-refractivity contribution in [3.8, 4) is 5.82 Å². The first kappa shape index (κ1) is 25.5. The van der Waals surface area contributed by atoms with Gasteiger partial charge in [0.2, 0.25) is 11.1 Å². The monoisotopic (exact) mass is 510 g/mol. The summed E-state index contributed by atoms with van der Waals surface area (Å²) in [6.45, 7) is 0. The molecule has 1 aromatic carbocycles. The number of alkyl halides is 3. The normalized spacial score (nSPS) is 15.2. The van der Waals surface area contributed by atoms with Gasteiger partial charge in [0.05, 0.1) is 6.04 Å². The standard InChI is InChI=1S/C18H16N6O3S.C2HF3O2/c25-15(21-13-8-10-28-16(13)26)11-4-6-12(7-5-11)20-17-22-18(27)24(23-17)14-3-1-2-9-19-14;3-2(4,5)1(6)7/h1-7,9,13H,8,10H2,(H,21,25)(H2,20,22,23,27);(H,6,7)/t13-;/m1./s1. The smallest absolute Gasteiger partial charge is 0.475 e. The van der Waals surface area contributed by atoms with E-state index < -0.39 is 23.9 Å². The molecule has 1 saturated heterocycles. The molecule has 1 atom stereocenters. The number of H-pyrrole nitrogens is 1. The molecule has 15 heteroatoms. The number of hydrogen-bond acceptors (Lipinski definition) is 8. The van der Waals surface area contributed by atoms with Crippen LogP contribution in [0.2, 0.25) is 0 Å². The summed E-state index contributed by atoms with van der Waals surface area (Å²) in [6, 6.07) is 11.4. The van der Waals surface area contributed by atoms with E-state index in [2.05, 4.69) is 25.7 Å². The van der Waals surface area contributed by atoms with E-state index >= 15 is 0 Å². The van der Waals surface area contributed by atoms with Crippen molar-refractivity contribution in [1.29, 1.82) is 0 Å². The average molecular weight is 510 g/mol. The lowest BCUT2D eigenvalue weighted by Gasteiger charge is -2.10. The number of pyridine rings is 1. The minimum Gasteiger partial charge on any atom is -0.475 e. The Kier molecular flexibility index (Phi) is 7.91. The fraction of sp³-hybridized carbons (Fsp3) is 0.200. The number of nitrogens with zero attached hydrogens (tertiary/aromatic N) is 3. The number of nitrogens with one attached hydrogen (secondary N) is 3. The highest BCUT2D eigenvalue weighted by Crippen LogP contribution is 2.20. The van der Waals surface area contributed by atoms with E-state index in [1.165, 1.54) is 11.8 Å². The predicted octanol–water partition coefficient (Wildman–Crippen LogP) is 2.09. The first-order valence-electron chi connectivity index (χ1n) is 9.80. The summed E-state index contributed by atoms with van der Waals surface area (Å²) in [5.74, 6) is -1.66. The summed E-state index contributed by atoms with van der Waals surface area (Å²) in [7, 11) is 0. The largest absolute Gasteiger partial charge is 0.490 e. The second kappa shape index (κ2) is 10.9. The lowest BCUT2D eigenvalue weighted by Crippen LogP contribution is -2.37. The molecule has 1 amide bonds. The number of amides is 1. The first-order valence-corrected chi connectivity index (χ1v) is 10.8. The fourth-order valence-corrected chi connectivity index (χ4v) is 3.66. The van der Waals surface area contributed by atoms with Crippen molar-refractivity contribution < 1.29 is 32.7 Å². The SMILES string of the molecule is O=C(N[C@@H]1CCSC1=O)c1ccc(Nc2nn(-c3ccccn3)c(=O)[nH]2)cc1.O=C(O)C(F)(F)F. The predicted molar refractivity (Wildman–Crippen MR) is 119 cm³/mol. The van der Waals surface area contributed by atoms with Gasteiger partial charge in [0.25, 0.3) is 5.91 Å². The number of thioether (sulfide) groups is 1. The van der Waals surface area contributed by atoms with Crippen LogP contribution in [0.25, 0.3) is 5.82 Å². The molecule has 0 spiro atoms. The zero-order valence-electron chi connectivity index (χ0n) is 17.6. The van der Waals surface area contributed by atoms with Gasteiger partial charge in [-0.25, -0.2) is 14.6 Å². The number of hydrogen-bond donors (Lipinski definition) is 4. The van der Waals surface area contributed by atoms with Crippen LogP contribution in [-0.4, -0.2) is 59.8 Å². The third-order valence-electron chi connectivity index (χ3n) is 4.38. The number of benzene rings is 1. The van der Waals surface area contributed by atoms with E-state index in [1.807, 2.05) is 0 Å². The molecule has 0 bridgehead atoms. The molecule has 4 N–H and O–H groups in total. The molecule has 11 nitrogen and oxygen atoms in total. The second-order valence-electron chi connectivity index (χ2n) is 6.87. The molecule has 1 fully saturated rings. The van der Waals surface area contributed by atoms with Gasteiger partial charge in [-0.2, -0.15) is 17.9 Å². The van der Waals surface area contributed by atoms with E-state index in [-0.39, 0.29) is 17.0 Å². The van der Waals surface area contributed by atoms with Crippen molar-refractivity contribution in [1.82, 2.24) is 25.1 Å². The maximum Gasteiger partial charge on any atom is 0.490 e. The van der Waals surface area contributed by atoms with Crippen LogP contribution in [0.4, 0.5) is 24.8 Å². The van der Waals surface area contributed by atoms with Crippen LogP contribution < -0.4 is 16.3 Å². The van der Waals surface area contributed by atoms with Gasteiger partial charge >= 0.3 is 17.8 Å². The summed E-state index contributed by atoms with van der Waals surface area (Å²) in [6.07, 6.45) is -2.85. The van der Waals surface area contributed by atoms with Crippen LogP contribution in [0.3, 0.4) is 0 Å². The number of anilines is 2. The van der Waals surface area contributed by atoms with Gasteiger partial charge < -0.3 is 15.7 Å². The molecule has 4 rings (SSSR count). The topological polar surface area (TPSA) is 159 Å². The van der Waals surface area contributed by atoms with Crippen molar-refractivity contribution in [2.75, 3.05) is 11.1 Å². The molecule has 3 aromatic rings. The maximum atomic E-state index is 12.3. The van der Waals surface area contributed by atoms with Gasteiger partial charge in [0.15, 0.2) is 5.82 Å². The highest BCUT2D eigenvalue weighted by atomic mass is 32.2. The van der Waals surface area contributed by atoms with Crippen molar-refractivity contribution >= 4 is 40.4 Å². The van der Waals surface area contributed by atoms with E-state index in [4.69, 9.17) is 9.90 Å². The van der Waals surface area contributed by atoms with Crippen LogP contribution in [0.15, 0.2) is 53.5 Å². The van der Waals surface area contributed by atoms with Gasteiger partial charge in [-0.1, -0.05) is 17.8 Å². The third kappa shape index (κ3) is 6.92. The Balaban J connectivity index is 0.000000429. The van der Waals surface area contributed by atoms with Crippen LogP contribution in [0.1, 0.15) is 16.8 Å². The van der Waals surface area contributed by atoms with Crippen LogP contribution in [0.5, 0.6) is 0 Å². The number of carbonyl (C=O) groups is 3. The Hall–Kier alpha value is -4.14. The van der Waals surface area contributed by atoms with Crippen molar-refractivity contribution in [3.63, 3.8) is 0 Å². The van der Waals surface area contributed by atoms with Crippen LogP contribution in [-0.2, 0) is 9.59 Å². The molecule has 3 heterocycles. The minimum atomic E-state index is -5.08. The first-order chi connectivity index (χ1) is 16.5. The van der Waals surface area contributed by atoms with Gasteiger partial charge in [0, 0.05) is 23.2 Å². The number of halogens is 3. The number of rotatable bonds is 5. The van der Waals surface area contributed by atoms with Crippen LogP contribution in [0, 0.1) is 0 Å². The van der Waals surface area contributed by atoms with E-state index in [1.54, 1.807) is 48.7 Å². The Morgan fingerprint density at radius 3 is 2.37 bits per heavy atom. The molecule has 0 aliphatic carbocycles. The van der Waals surface area contributed by atoms with Gasteiger partial charge in [-0.15, -0.1) is 5.10 Å². The Morgan fingerprint density at radius 1 is 1.14 bits per heavy atom. The highest BCUT2D eigenvalue weighted by molar-refractivity contribution is 8.14. The zero-order chi connectivity index (χ0) is 25.6. The lowest BCUT2D eigenvalue weighted by atomic mass is 10.1. The van der Waals surface area contributed by atoms with E-state index in [9.17, 15) is 27.6 Å². The van der Waals surface area contributed by atoms with Gasteiger partial charge in [-0.05, 0) is 42.8 Å². The molecular weight excluding hydrogens is 493 g/mol. The van der Waals surface area contributed by atoms with Crippen LogP contribution >= 0.6 is 11.8 Å². The maximum absolute atomic E-state index is 12.3. The van der Waals surface area contributed by atoms with E-state index in [0.29, 0.717) is 23.5 Å². The van der Waals surface area contributed by atoms with Gasteiger partial charge in [-0.3, -0.25) is 14.6 Å². The molecule has 1 aliphatic heterocycles. The molecule has 2 aromatic heterocycles. The minimum absolute atomic E-state index is 0.000849. The summed E-state index contributed by atoms with van der Waals surface area (Å²) in [5, 5.41) is 17.0. The second-order valence-corrected chi connectivity index (χ2v) is 7.97.